The van der Waals surface area contributed by atoms with Crippen LogP contribution in [0.4, 0.5) is 22.7 Å². The van der Waals surface area contributed by atoms with Crippen LogP contribution in [0.1, 0.15) is 0 Å². The maximum atomic E-state index is 11.6. The summed E-state index contributed by atoms with van der Waals surface area (Å²) in [7, 11) is -12.4. The third-order valence-electron chi connectivity index (χ3n) is 8.03. The lowest BCUT2D eigenvalue weighted by molar-refractivity contribution is -0.385. The molecule has 0 aliphatic carbocycles. The zero-order chi connectivity index (χ0) is 40.9. The van der Waals surface area contributed by atoms with Crippen molar-refractivity contribution in [2.45, 2.75) is 0 Å². The summed E-state index contributed by atoms with van der Waals surface area (Å²) in [6.07, 6.45) is 0. The lowest BCUT2D eigenvalue weighted by atomic mass is 10.3. The van der Waals surface area contributed by atoms with Crippen molar-refractivity contribution in [3.63, 3.8) is 0 Å². The van der Waals surface area contributed by atoms with Gasteiger partial charge in [0.2, 0.25) is 0 Å². The molecule has 58 heavy (non-hydrogen) atoms. The first kappa shape index (κ1) is 39.1. The maximum absolute atomic E-state index is 11.6. The molecular weight excluding hydrogens is 815 g/mol. The Morgan fingerprint density at radius 2 is 0.603 bits per heavy atom. The Kier molecular flexibility index (Phi) is 10.9. The number of benzene rings is 6. The van der Waals surface area contributed by atoms with Gasteiger partial charge in [-0.1, -0.05) is 65.2 Å². The fourth-order valence-electron chi connectivity index (χ4n) is 5.40. The van der Waals surface area contributed by atoms with Crippen LogP contribution in [0.5, 0.6) is 23.0 Å². The molecule has 0 spiro atoms. The molecule has 0 N–H and O–H groups in total. The van der Waals surface area contributed by atoms with Crippen LogP contribution in [-0.2, 0) is 0 Å². The van der Waals surface area contributed by atoms with Crippen molar-refractivity contribution in [3.05, 3.63) is 198 Å². The molecule has 0 aromatic heterocycles. The Labute approximate surface area is 327 Å². The minimum Gasteiger partial charge on any atom is -0.413 e. The van der Waals surface area contributed by atoms with Crippen LogP contribution < -0.4 is 28.7 Å². The van der Waals surface area contributed by atoms with Gasteiger partial charge in [-0.25, -0.2) is 0 Å². The lowest BCUT2D eigenvalue weighted by Crippen LogP contribution is -2.18. The molecule has 1 heterocycles. The highest BCUT2D eigenvalue weighted by atomic mass is 31.3. The van der Waals surface area contributed by atoms with Crippen LogP contribution in [0.2, 0.25) is 0 Å². The molecule has 7 rings (SSSR count). The molecule has 0 bridgehead atoms. The number of rotatable bonds is 14. The summed E-state index contributed by atoms with van der Waals surface area (Å²) < 4.78 is 42.2. The van der Waals surface area contributed by atoms with E-state index in [4.69, 9.17) is 31.6 Å². The zero-order valence-electron chi connectivity index (χ0n) is 29.4. The van der Waals surface area contributed by atoms with Gasteiger partial charge in [0.25, 0.3) is 22.7 Å². The maximum Gasteiger partial charge on any atom is 0.455 e. The van der Waals surface area contributed by atoms with Gasteiger partial charge in [0.05, 0.1) is 19.7 Å². The van der Waals surface area contributed by atoms with Gasteiger partial charge in [0, 0.05) is 59.1 Å². The minimum atomic E-state index is -4.36. The van der Waals surface area contributed by atoms with Crippen molar-refractivity contribution in [2.24, 2.45) is 13.5 Å². The molecular formula is C36H26N7O12P3. The second-order valence-electron chi connectivity index (χ2n) is 11.9. The number of nitro benzene ring substituents is 4. The summed E-state index contributed by atoms with van der Waals surface area (Å²) in [6.45, 7) is 0. The molecule has 0 amide bonds. The predicted molar refractivity (Wildman–Crippen MR) is 215 cm³/mol. The topological polar surface area (TPSA) is 247 Å². The second kappa shape index (κ2) is 16.1. The van der Waals surface area contributed by atoms with Crippen LogP contribution in [0.15, 0.2) is 171 Å². The SMILES string of the molecule is O=[N+]([O-])c1ccc(OP2(Oc3ccc([N+](=O)[O-])cc3)=NP(Oc3ccc([N+](=O)[O-])cc3)(Oc3ccc([N+](=O)[O-])cc3)=NP(c3ccccc3)(c3ccccc3)=N2)cc1. The van der Waals surface area contributed by atoms with Gasteiger partial charge < -0.3 is 18.1 Å². The normalized spacial score (nSPS) is 14.6. The van der Waals surface area contributed by atoms with Crippen molar-refractivity contribution < 1.29 is 37.8 Å². The molecule has 0 unspecified atom stereocenters. The van der Waals surface area contributed by atoms with Crippen LogP contribution in [0, 0.1) is 40.5 Å². The molecule has 1 aliphatic heterocycles. The van der Waals surface area contributed by atoms with Crippen molar-refractivity contribution >= 4 is 55.9 Å². The summed E-state index contributed by atoms with van der Waals surface area (Å²) in [5.74, 6) is 0.0490. The smallest absolute Gasteiger partial charge is 0.413 e. The average Bonchev–Trinajstić information content (AvgIpc) is 3.22. The highest BCUT2D eigenvalue weighted by Crippen LogP contribution is 2.78. The van der Waals surface area contributed by atoms with E-state index in [0.29, 0.717) is 10.6 Å². The predicted octanol–water partition coefficient (Wildman–Crippen LogP) is 10.6. The van der Waals surface area contributed by atoms with Gasteiger partial charge >= 0.3 is 15.3 Å². The second-order valence-corrected chi connectivity index (χ2v) is 19.0. The molecule has 1 aliphatic rings. The number of nitro groups is 4. The van der Waals surface area contributed by atoms with Crippen molar-refractivity contribution in [1.29, 1.82) is 0 Å². The van der Waals surface area contributed by atoms with Gasteiger partial charge in [-0.15, -0.1) is 0 Å². The molecule has 292 valence electrons. The molecule has 19 nitrogen and oxygen atoms in total. The van der Waals surface area contributed by atoms with E-state index in [9.17, 15) is 40.5 Å². The van der Waals surface area contributed by atoms with E-state index in [1.165, 1.54) is 97.1 Å². The van der Waals surface area contributed by atoms with E-state index in [2.05, 4.69) is 0 Å². The van der Waals surface area contributed by atoms with Gasteiger partial charge in [-0.3, -0.25) is 40.5 Å². The Bertz CT molecular complexity index is 2410. The monoisotopic (exact) mass is 841 g/mol. The summed E-state index contributed by atoms with van der Waals surface area (Å²) in [6, 6.07) is 37.8. The van der Waals surface area contributed by atoms with Crippen molar-refractivity contribution in [1.82, 2.24) is 0 Å². The van der Waals surface area contributed by atoms with Crippen molar-refractivity contribution in [2.75, 3.05) is 0 Å². The van der Waals surface area contributed by atoms with E-state index < -0.39 is 42.2 Å². The largest absolute Gasteiger partial charge is 0.455 e. The molecule has 22 heteroatoms. The summed E-state index contributed by atoms with van der Waals surface area (Å²) in [5, 5.41) is 47.4. The van der Waals surface area contributed by atoms with E-state index in [-0.39, 0.29) is 45.7 Å². The van der Waals surface area contributed by atoms with Gasteiger partial charge in [-0.05, 0) is 48.5 Å². The van der Waals surface area contributed by atoms with Crippen molar-refractivity contribution in [3.8, 4) is 23.0 Å². The van der Waals surface area contributed by atoms with Crippen LogP contribution in [0.3, 0.4) is 0 Å². The van der Waals surface area contributed by atoms with Crippen LogP contribution in [0.25, 0.3) is 0 Å². The first-order valence-electron chi connectivity index (χ1n) is 16.7. The van der Waals surface area contributed by atoms with E-state index in [1.807, 2.05) is 0 Å². The molecule has 0 saturated carbocycles. The van der Waals surface area contributed by atoms with Gasteiger partial charge in [0.1, 0.15) is 23.0 Å². The third-order valence-corrected chi connectivity index (χ3v) is 17.6. The molecule has 0 saturated heterocycles. The fraction of sp³-hybridized carbons (Fsp3) is 0. The Morgan fingerprint density at radius 3 is 0.862 bits per heavy atom. The molecule has 6 aromatic rings. The molecule has 0 radical (unpaired) electrons. The third kappa shape index (κ3) is 8.46. The highest BCUT2D eigenvalue weighted by molar-refractivity contribution is 7.90. The number of nitrogens with zero attached hydrogens (tertiary/aromatic N) is 7. The number of hydrogen-bond donors (Lipinski definition) is 0. The molecule has 0 atom stereocenters. The summed E-state index contributed by atoms with van der Waals surface area (Å²) in [4.78, 5) is 44.0. The Morgan fingerprint density at radius 1 is 0.345 bits per heavy atom. The van der Waals surface area contributed by atoms with Crippen LogP contribution >= 0.6 is 22.5 Å². The lowest BCUT2D eigenvalue weighted by Gasteiger charge is -2.34. The zero-order valence-corrected chi connectivity index (χ0v) is 32.1. The summed E-state index contributed by atoms with van der Waals surface area (Å²) >= 11 is 0. The Hall–Kier alpha value is -7.19. The highest BCUT2D eigenvalue weighted by Gasteiger charge is 2.46. The number of non-ortho nitro benzene ring substituents is 4. The molecule has 6 aromatic carbocycles. The standard InChI is InChI=1S/C36H26N7O12P3/c44-40(45)27-11-19-31(20-12-27)52-57(53-32-21-13-28(14-22-32)41(46)47)37-56(35-7-3-1-4-8-35,36-9-5-2-6-10-36)38-58(39-57,54-33-23-15-29(16-24-33)42(48)49)55-34-25-17-30(18-26-34)43(50)51/h1-26H. The van der Waals surface area contributed by atoms with Gasteiger partial charge in [0.15, 0.2) is 7.21 Å². The van der Waals surface area contributed by atoms with Gasteiger partial charge in [-0.2, -0.15) is 9.03 Å². The van der Waals surface area contributed by atoms with Crippen LogP contribution in [-0.4, -0.2) is 19.7 Å². The first-order chi connectivity index (χ1) is 27.9. The van der Waals surface area contributed by atoms with E-state index in [1.54, 1.807) is 60.7 Å². The molecule has 0 fully saturated rings. The first-order valence-corrected chi connectivity index (χ1v) is 21.4. The fourth-order valence-corrected chi connectivity index (χ4v) is 16.5. The Balaban J connectivity index is 1.59. The summed E-state index contributed by atoms with van der Waals surface area (Å²) in [5.41, 5.74) is -0.986. The van der Waals surface area contributed by atoms with E-state index in [0.717, 1.165) is 0 Å². The average molecular weight is 842 g/mol. The number of hydrogen-bond acceptors (Lipinski definition) is 15. The quantitative estimate of drug-likeness (QED) is 0.0564. The minimum absolute atomic E-state index is 0.0123. The van der Waals surface area contributed by atoms with E-state index >= 15 is 0 Å².